The van der Waals surface area contributed by atoms with Crippen molar-refractivity contribution in [2.75, 3.05) is 0 Å². The van der Waals surface area contributed by atoms with E-state index in [4.69, 9.17) is 0 Å². The summed E-state index contributed by atoms with van der Waals surface area (Å²) in [5.74, 6) is -1.29. The summed E-state index contributed by atoms with van der Waals surface area (Å²) in [6, 6.07) is 13.4. The van der Waals surface area contributed by atoms with E-state index in [2.05, 4.69) is 15.3 Å². The first kappa shape index (κ1) is 20.7. The number of hydrogen-bond acceptors (Lipinski definition) is 3. The topological polar surface area (TPSA) is 74.8 Å². The number of carbonyl (C=O) groups excluding carboxylic acids is 1. The number of para-hydroxylation sites is 1. The van der Waals surface area contributed by atoms with Crippen LogP contribution in [0.3, 0.4) is 0 Å². The highest BCUT2D eigenvalue weighted by molar-refractivity contribution is 6.00. The zero-order valence-electron chi connectivity index (χ0n) is 18.0. The van der Waals surface area contributed by atoms with Gasteiger partial charge >= 0.3 is 0 Å². The number of rotatable bonds is 4. The maximum Gasteiger partial charge on any atom is 0.255 e. The second-order valence-electron chi connectivity index (χ2n) is 8.26. The molecular weight excluding hydrogens is 393 g/mol. The Balaban J connectivity index is 1.76. The van der Waals surface area contributed by atoms with Crippen LogP contribution in [0.25, 0.3) is 21.8 Å². The molecule has 0 saturated carbocycles. The molecule has 2 aromatic carbocycles. The average Bonchev–Trinajstić information content (AvgIpc) is 2.73. The van der Waals surface area contributed by atoms with E-state index in [-0.39, 0.29) is 16.4 Å². The lowest BCUT2D eigenvalue weighted by Crippen LogP contribution is -2.42. The number of amides is 1. The van der Waals surface area contributed by atoms with E-state index in [9.17, 15) is 14.0 Å². The number of benzene rings is 2. The van der Waals surface area contributed by atoms with Crippen LogP contribution in [-0.2, 0) is 12.0 Å². The van der Waals surface area contributed by atoms with E-state index in [1.54, 1.807) is 18.2 Å². The summed E-state index contributed by atoms with van der Waals surface area (Å²) in [5.41, 5.74) is 2.57. The zero-order chi connectivity index (χ0) is 22.3. The zero-order valence-corrected chi connectivity index (χ0v) is 18.0. The Hall–Kier alpha value is -3.54. The summed E-state index contributed by atoms with van der Waals surface area (Å²) >= 11 is 0. The molecule has 2 heterocycles. The highest BCUT2D eigenvalue weighted by Crippen LogP contribution is 2.25. The lowest BCUT2D eigenvalue weighted by atomic mass is 9.91. The van der Waals surface area contributed by atoms with Crippen molar-refractivity contribution in [2.24, 2.45) is 0 Å². The molecule has 1 amide bonds. The largest absolute Gasteiger partial charge is 0.354 e. The number of aromatic amines is 1. The maximum atomic E-state index is 14.9. The van der Waals surface area contributed by atoms with E-state index in [1.807, 2.05) is 45.9 Å². The van der Waals surface area contributed by atoms with Gasteiger partial charge in [-0.25, -0.2) is 4.39 Å². The second kappa shape index (κ2) is 7.61. The summed E-state index contributed by atoms with van der Waals surface area (Å²) in [7, 11) is 0. The minimum Gasteiger partial charge on any atom is -0.354 e. The highest BCUT2D eigenvalue weighted by atomic mass is 19.1. The SMILES string of the molecule is CCc1nc(C)ccc1C(C)(C)NC(=O)c1cc2[nH]c3ccccc3c(=O)c2cc1F. The van der Waals surface area contributed by atoms with Crippen molar-refractivity contribution in [1.29, 1.82) is 0 Å². The maximum absolute atomic E-state index is 14.9. The van der Waals surface area contributed by atoms with Gasteiger partial charge in [0.05, 0.1) is 16.6 Å². The molecule has 0 aliphatic carbocycles. The second-order valence-corrected chi connectivity index (χ2v) is 8.26. The number of halogens is 1. The van der Waals surface area contributed by atoms with Crippen LogP contribution in [0.5, 0.6) is 0 Å². The Morgan fingerprint density at radius 3 is 2.58 bits per heavy atom. The number of nitrogens with zero attached hydrogens (tertiary/aromatic N) is 1. The third kappa shape index (κ3) is 3.69. The molecule has 0 fully saturated rings. The number of aryl methyl sites for hydroxylation is 2. The van der Waals surface area contributed by atoms with Crippen molar-refractivity contribution >= 4 is 27.7 Å². The number of fused-ring (bicyclic) bond motifs is 2. The molecule has 158 valence electrons. The monoisotopic (exact) mass is 417 g/mol. The summed E-state index contributed by atoms with van der Waals surface area (Å²) in [5, 5.41) is 3.62. The van der Waals surface area contributed by atoms with Gasteiger partial charge in [0.15, 0.2) is 5.43 Å². The molecule has 0 atom stereocenters. The molecule has 5 nitrogen and oxygen atoms in total. The fourth-order valence-corrected chi connectivity index (χ4v) is 3.99. The molecule has 0 spiro atoms. The summed E-state index contributed by atoms with van der Waals surface area (Å²) in [4.78, 5) is 33.5. The van der Waals surface area contributed by atoms with Gasteiger partial charge in [0.2, 0.25) is 0 Å². The molecule has 0 aliphatic rings. The van der Waals surface area contributed by atoms with E-state index < -0.39 is 17.3 Å². The first-order valence-electron chi connectivity index (χ1n) is 10.2. The minimum absolute atomic E-state index is 0.121. The van der Waals surface area contributed by atoms with Crippen molar-refractivity contribution < 1.29 is 9.18 Å². The van der Waals surface area contributed by atoms with Gasteiger partial charge in [0.25, 0.3) is 5.91 Å². The molecule has 4 aromatic rings. The molecule has 0 radical (unpaired) electrons. The van der Waals surface area contributed by atoms with Crippen molar-refractivity contribution in [1.82, 2.24) is 15.3 Å². The first-order chi connectivity index (χ1) is 14.7. The normalized spacial score (nSPS) is 11.8. The van der Waals surface area contributed by atoms with Gasteiger partial charge in [-0.05, 0) is 63.1 Å². The molecule has 0 aliphatic heterocycles. The van der Waals surface area contributed by atoms with Gasteiger partial charge in [-0.1, -0.05) is 25.1 Å². The smallest absolute Gasteiger partial charge is 0.255 e. The van der Waals surface area contributed by atoms with Crippen molar-refractivity contribution in [2.45, 2.75) is 39.7 Å². The van der Waals surface area contributed by atoms with E-state index in [0.29, 0.717) is 16.4 Å². The van der Waals surface area contributed by atoms with Crippen molar-refractivity contribution in [3.05, 3.63) is 87.1 Å². The van der Waals surface area contributed by atoms with Crippen LogP contribution in [0.2, 0.25) is 0 Å². The summed E-state index contributed by atoms with van der Waals surface area (Å²) in [6.45, 7) is 7.66. The third-order valence-electron chi connectivity index (χ3n) is 5.59. The van der Waals surface area contributed by atoms with E-state index >= 15 is 0 Å². The number of aromatic nitrogens is 2. The Morgan fingerprint density at radius 2 is 1.84 bits per heavy atom. The Bertz CT molecular complexity index is 1390. The number of hydrogen-bond donors (Lipinski definition) is 2. The van der Waals surface area contributed by atoms with Gasteiger partial charge in [0, 0.05) is 27.7 Å². The molecule has 2 aromatic heterocycles. The van der Waals surface area contributed by atoms with Crippen molar-refractivity contribution in [3.63, 3.8) is 0 Å². The van der Waals surface area contributed by atoms with Crippen LogP contribution in [-0.4, -0.2) is 15.9 Å². The van der Waals surface area contributed by atoms with Gasteiger partial charge < -0.3 is 10.3 Å². The molecule has 31 heavy (non-hydrogen) atoms. The molecule has 0 saturated heterocycles. The fourth-order valence-electron chi connectivity index (χ4n) is 3.99. The lowest BCUT2D eigenvalue weighted by molar-refractivity contribution is 0.0907. The Labute approximate surface area is 179 Å². The van der Waals surface area contributed by atoms with Crippen LogP contribution < -0.4 is 10.7 Å². The van der Waals surface area contributed by atoms with E-state index in [0.717, 1.165) is 29.4 Å². The fraction of sp³-hybridized carbons (Fsp3) is 0.240. The molecule has 6 heteroatoms. The standard InChI is InChI=1S/C25H24FN3O2/c1-5-20-18(11-10-14(2)27-20)25(3,4)29-24(31)16-13-22-17(12-19(16)26)23(30)15-8-6-7-9-21(15)28-22/h6-13H,5H2,1-4H3,(H,28,30)(H,29,31). The van der Waals surface area contributed by atoms with Crippen LogP contribution >= 0.6 is 0 Å². The van der Waals surface area contributed by atoms with Gasteiger partial charge in [0.1, 0.15) is 5.82 Å². The van der Waals surface area contributed by atoms with E-state index in [1.165, 1.54) is 6.07 Å². The molecule has 0 bridgehead atoms. The molecule has 0 unspecified atom stereocenters. The van der Waals surface area contributed by atoms with Crippen LogP contribution in [0, 0.1) is 12.7 Å². The van der Waals surface area contributed by atoms with Crippen LogP contribution in [0.15, 0.2) is 53.3 Å². The van der Waals surface area contributed by atoms with Crippen molar-refractivity contribution in [3.8, 4) is 0 Å². The van der Waals surface area contributed by atoms with Gasteiger partial charge in [-0.2, -0.15) is 0 Å². The molecule has 2 N–H and O–H groups in total. The third-order valence-corrected chi connectivity index (χ3v) is 5.59. The predicted octanol–water partition coefficient (Wildman–Crippen LogP) is 4.75. The summed E-state index contributed by atoms with van der Waals surface area (Å²) < 4.78 is 14.9. The number of nitrogens with one attached hydrogen (secondary N) is 2. The molecule has 4 rings (SSSR count). The van der Waals surface area contributed by atoms with Gasteiger partial charge in [-0.3, -0.25) is 14.6 Å². The molecular formula is C25H24FN3O2. The minimum atomic E-state index is -0.763. The Morgan fingerprint density at radius 1 is 1.10 bits per heavy atom. The van der Waals surface area contributed by atoms with Crippen LogP contribution in [0.1, 0.15) is 48.1 Å². The predicted molar refractivity (Wildman–Crippen MR) is 121 cm³/mol. The van der Waals surface area contributed by atoms with Gasteiger partial charge in [-0.15, -0.1) is 0 Å². The quantitative estimate of drug-likeness (QED) is 0.471. The first-order valence-corrected chi connectivity index (χ1v) is 10.2. The van der Waals surface area contributed by atoms with Crippen LogP contribution in [0.4, 0.5) is 4.39 Å². The summed E-state index contributed by atoms with van der Waals surface area (Å²) in [6.07, 6.45) is 0.717. The lowest BCUT2D eigenvalue weighted by Gasteiger charge is -2.29. The highest BCUT2D eigenvalue weighted by Gasteiger charge is 2.28. The Kier molecular flexibility index (Phi) is 5.09. The number of carbonyl (C=O) groups is 1. The number of pyridine rings is 2. The average molecular weight is 417 g/mol. The number of H-pyrrole nitrogens is 1.